The highest BCUT2D eigenvalue weighted by molar-refractivity contribution is 5.85. The molecule has 4 atom stereocenters. The molecule has 8 nitrogen and oxygen atoms in total. The van der Waals surface area contributed by atoms with Crippen LogP contribution >= 0.6 is 0 Å². The normalized spacial score (nSPS) is 18.0. The van der Waals surface area contributed by atoms with Gasteiger partial charge in [0.2, 0.25) is 0 Å². The smallest absolute Gasteiger partial charge is 0.306 e. The molecule has 2 heterocycles. The van der Waals surface area contributed by atoms with Crippen LogP contribution in [0.3, 0.4) is 0 Å². The summed E-state index contributed by atoms with van der Waals surface area (Å²) in [7, 11) is 0. The molecule has 0 N–H and O–H groups in total. The van der Waals surface area contributed by atoms with Crippen LogP contribution < -0.4 is 4.74 Å². The largest absolute Gasteiger partial charge is 0.483 e. The number of carbonyl (C=O) groups excluding carboxylic acids is 1. The zero-order chi connectivity index (χ0) is 34.0. The Morgan fingerprint density at radius 1 is 0.938 bits per heavy atom. The van der Waals surface area contributed by atoms with Gasteiger partial charge in [-0.1, -0.05) is 75.7 Å². The maximum atomic E-state index is 12.8. The van der Waals surface area contributed by atoms with Crippen molar-refractivity contribution < 1.29 is 28.4 Å². The van der Waals surface area contributed by atoms with E-state index in [2.05, 4.69) is 55.1 Å². The molecule has 0 bridgehead atoms. The van der Waals surface area contributed by atoms with E-state index < -0.39 is 24.4 Å². The topological polar surface area (TPSA) is 92.4 Å². The highest BCUT2D eigenvalue weighted by atomic mass is 16.6. The van der Waals surface area contributed by atoms with Crippen molar-refractivity contribution in [3.05, 3.63) is 119 Å². The second-order valence-corrected chi connectivity index (χ2v) is 12.2. The number of hydrogen-bond acceptors (Lipinski definition) is 8. The maximum absolute atomic E-state index is 12.8. The van der Waals surface area contributed by atoms with Crippen LogP contribution in [0.15, 0.2) is 94.6 Å². The molecule has 8 heteroatoms. The molecule has 0 spiro atoms. The molecular formula is C40H42N2O6. The SMILES string of the molecule is C/C(CCC(=O)OC[C@H]1O[C@H](C#Cc2ccccc2)C=C[C@@H]1Oc1ccc(C)cc1)=N\O[C@@H](C)c1cc(-c2c(C)cc(C)cc2C)no1. The Morgan fingerprint density at radius 3 is 2.40 bits per heavy atom. The van der Waals surface area contributed by atoms with Crippen molar-refractivity contribution in [2.24, 2.45) is 5.16 Å². The van der Waals surface area contributed by atoms with Crippen LogP contribution in [0.2, 0.25) is 0 Å². The van der Waals surface area contributed by atoms with Gasteiger partial charge in [-0.25, -0.2) is 0 Å². The summed E-state index contributed by atoms with van der Waals surface area (Å²) in [4.78, 5) is 18.5. The minimum absolute atomic E-state index is 0.0146. The van der Waals surface area contributed by atoms with Crippen molar-refractivity contribution in [1.29, 1.82) is 0 Å². The summed E-state index contributed by atoms with van der Waals surface area (Å²) in [5.74, 6) is 7.17. The second-order valence-electron chi connectivity index (χ2n) is 12.2. The van der Waals surface area contributed by atoms with Crippen LogP contribution in [0.4, 0.5) is 0 Å². The van der Waals surface area contributed by atoms with Gasteiger partial charge in [0.15, 0.2) is 11.9 Å². The Kier molecular flexibility index (Phi) is 11.5. The number of benzene rings is 3. The van der Waals surface area contributed by atoms with Gasteiger partial charge in [-0.3, -0.25) is 4.79 Å². The molecule has 0 radical (unpaired) electrons. The lowest BCUT2D eigenvalue weighted by Gasteiger charge is -2.30. The fourth-order valence-corrected chi connectivity index (χ4v) is 5.41. The molecule has 1 aromatic heterocycles. The van der Waals surface area contributed by atoms with Crippen molar-refractivity contribution in [1.82, 2.24) is 5.16 Å². The van der Waals surface area contributed by atoms with Crippen molar-refractivity contribution in [3.63, 3.8) is 0 Å². The standard InChI is InChI=1S/C40H42N2O6/c1-26-12-16-33(17-13-26)45-36-20-19-34(18-15-32-10-8-7-9-11-32)46-38(36)25-44-39(43)21-14-30(5)41-47-31(6)37-24-35(42-48-37)40-28(3)22-27(2)23-29(40)4/h7-13,16-17,19-20,22-24,31,34,36,38H,14,21,25H2,1-6H3/b41-30+/t31-,34+,36-,38+/m0/s1. The average Bonchev–Trinajstić information content (AvgIpc) is 3.56. The number of hydrogen-bond donors (Lipinski definition) is 0. The van der Waals surface area contributed by atoms with Gasteiger partial charge in [0, 0.05) is 17.2 Å². The Hall–Kier alpha value is -5.13. The summed E-state index contributed by atoms with van der Waals surface area (Å²) in [5, 5.41) is 8.49. The van der Waals surface area contributed by atoms with Crippen LogP contribution in [0.25, 0.3) is 11.3 Å². The minimum atomic E-state index is -0.548. The molecule has 1 aliphatic heterocycles. The predicted molar refractivity (Wildman–Crippen MR) is 186 cm³/mol. The zero-order valence-corrected chi connectivity index (χ0v) is 28.4. The monoisotopic (exact) mass is 646 g/mol. The predicted octanol–water partition coefficient (Wildman–Crippen LogP) is 8.18. The molecule has 248 valence electrons. The van der Waals surface area contributed by atoms with Crippen molar-refractivity contribution >= 4 is 11.7 Å². The van der Waals surface area contributed by atoms with Gasteiger partial charge < -0.3 is 23.6 Å². The molecule has 0 fully saturated rings. The lowest BCUT2D eigenvalue weighted by molar-refractivity contribution is -0.151. The third-order valence-corrected chi connectivity index (χ3v) is 7.92. The molecule has 1 aliphatic rings. The summed E-state index contributed by atoms with van der Waals surface area (Å²) in [6, 6.07) is 23.6. The molecule has 4 aromatic rings. The van der Waals surface area contributed by atoms with Gasteiger partial charge in [-0.05, 0) is 95.5 Å². The lowest BCUT2D eigenvalue weighted by atomic mass is 9.97. The van der Waals surface area contributed by atoms with Crippen molar-refractivity contribution in [2.45, 2.75) is 78.8 Å². The first-order valence-corrected chi connectivity index (χ1v) is 16.2. The molecule has 0 aliphatic carbocycles. The highest BCUT2D eigenvalue weighted by Crippen LogP contribution is 2.30. The van der Waals surface area contributed by atoms with Gasteiger partial charge in [0.25, 0.3) is 0 Å². The van der Waals surface area contributed by atoms with E-state index in [9.17, 15) is 4.79 Å². The van der Waals surface area contributed by atoms with E-state index in [1.807, 2.05) is 86.7 Å². The van der Waals surface area contributed by atoms with E-state index >= 15 is 0 Å². The summed E-state index contributed by atoms with van der Waals surface area (Å²) >= 11 is 0. The van der Waals surface area contributed by atoms with E-state index in [1.54, 1.807) is 6.92 Å². The number of oxime groups is 1. The van der Waals surface area contributed by atoms with Crippen molar-refractivity contribution in [3.8, 4) is 28.8 Å². The Labute approximate surface area is 282 Å². The minimum Gasteiger partial charge on any atom is -0.483 e. The molecule has 0 saturated heterocycles. The van der Waals surface area contributed by atoms with E-state index in [1.165, 1.54) is 5.56 Å². The third kappa shape index (κ3) is 9.46. The molecule has 0 saturated carbocycles. The van der Waals surface area contributed by atoms with E-state index in [4.69, 9.17) is 23.6 Å². The van der Waals surface area contributed by atoms with E-state index in [0.717, 1.165) is 33.5 Å². The van der Waals surface area contributed by atoms with E-state index in [0.29, 0.717) is 23.6 Å². The first-order valence-electron chi connectivity index (χ1n) is 16.2. The number of carbonyl (C=O) groups is 1. The van der Waals surface area contributed by atoms with Crippen LogP contribution in [-0.4, -0.2) is 41.8 Å². The molecular weight excluding hydrogens is 604 g/mol. The summed E-state index contributed by atoms with van der Waals surface area (Å²) in [6.45, 7) is 11.9. The molecule has 3 aromatic carbocycles. The van der Waals surface area contributed by atoms with Crippen LogP contribution in [-0.2, 0) is 19.1 Å². The molecule has 5 rings (SSSR count). The number of esters is 1. The lowest BCUT2D eigenvalue weighted by Crippen LogP contribution is -2.42. The Balaban J connectivity index is 1.14. The number of ether oxygens (including phenoxy) is 3. The summed E-state index contributed by atoms with van der Waals surface area (Å²) < 4.78 is 23.7. The van der Waals surface area contributed by atoms with E-state index in [-0.39, 0.29) is 19.0 Å². The number of aromatic nitrogens is 1. The van der Waals surface area contributed by atoms with Crippen LogP contribution in [0.5, 0.6) is 5.75 Å². The summed E-state index contributed by atoms with van der Waals surface area (Å²) in [6.07, 6.45) is 2.37. The number of nitrogens with zero attached hydrogens (tertiary/aromatic N) is 2. The summed E-state index contributed by atoms with van der Waals surface area (Å²) in [5.41, 5.74) is 7.97. The zero-order valence-electron chi connectivity index (χ0n) is 28.4. The highest BCUT2D eigenvalue weighted by Gasteiger charge is 2.30. The van der Waals surface area contributed by atoms with Crippen molar-refractivity contribution in [2.75, 3.05) is 6.61 Å². The van der Waals surface area contributed by atoms with Crippen LogP contribution in [0, 0.1) is 39.5 Å². The Morgan fingerprint density at radius 2 is 1.67 bits per heavy atom. The van der Waals surface area contributed by atoms with Gasteiger partial charge in [0.05, 0.1) is 12.1 Å². The maximum Gasteiger partial charge on any atom is 0.306 e. The van der Waals surface area contributed by atoms with Crippen LogP contribution in [0.1, 0.15) is 66.4 Å². The Bertz CT molecular complexity index is 1790. The quantitative estimate of drug-likeness (QED) is 0.0534. The molecule has 48 heavy (non-hydrogen) atoms. The van der Waals surface area contributed by atoms with Gasteiger partial charge in [0.1, 0.15) is 36.4 Å². The first kappa shape index (κ1) is 34.2. The number of aryl methyl sites for hydroxylation is 4. The molecule has 0 unspecified atom stereocenters. The third-order valence-electron chi connectivity index (χ3n) is 7.92. The fourth-order valence-electron chi connectivity index (χ4n) is 5.41. The second kappa shape index (κ2) is 16.1. The van der Waals surface area contributed by atoms with Gasteiger partial charge in [-0.2, -0.15) is 0 Å². The first-order chi connectivity index (χ1) is 23.1. The number of rotatable bonds is 11. The molecule has 0 amide bonds. The fraction of sp³-hybridized carbons (Fsp3) is 0.325. The average molecular weight is 647 g/mol. The van der Waals surface area contributed by atoms with Gasteiger partial charge >= 0.3 is 5.97 Å². The van der Waals surface area contributed by atoms with Gasteiger partial charge in [-0.15, -0.1) is 0 Å².